The van der Waals surface area contributed by atoms with Crippen LogP contribution >= 0.6 is 0 Å². The van der Waals surface area contributed by atoms with Crippen LogP contribution in [0.15, 0.2) is 12.2 Å². The number of esters is 1. The van der Waals surface area contributed by atoms with Crippen molar-refractivity contribution in [1.82, 2.24) is 5.32 Å². The molecule has 0 aromatic rings. The molecule has 0 fully saturated rings. The molecule has 21 heavy (non-hydrogen) atoms. The number of ether oxygens (including phenoxy) is 1. The molecule has 0 radical (unpaired) electrons. The van der Waals surface area contributed by atoms with Gasteiger partial charge < -0.3 is 10.1 Å². The predicted octanol–water partition coefficient (Wildman–Crippen LogP) is 3.75. The summed E-state index contributed by atoms with van der Waals surface area (Å²) in [5, 5.41) is 2.68. The summed E-state index contributed by atoms with van der Waals surface area (Å²) in [6.07, 6.45) is 13.4. The van der Waals surface area contributed by atoms with E-state index in [1.54, 1.807) is 0 Å². The minimum absolute atomic E-state index is 0.108. The van der Waals surface area contributed by atoms with Crippen LogP contribution in [0.3, 0.4) is 0 Å². The van der Waals surface area contributed by atoms with Crippen LogP contribution in [0.5, 0.6) is 0 Å². The van der Waals surface area contributed by atoms with Gasteiger partial charge in [0, 0.05) is 20.3 Å². The molecule has 0 aliphatic carbocycles. The minimum atomic E-state index is -0.310. The molecule has 4 heteroatoms. The van der Waals surface area contributed by atoms with Crippen LogP contribution < -0.4 is 5.32 Å². The highest BCUT2D eigenvalue weighted by Crippen LogP contribution is 2.08. The molecule has 0 aliphatic heterocycles. The number of hydrogen-bond acceptors (Lipinski definition) is 3. The number of hydrogen-bond donors (Lipinski definition) is 1. The average Bonchev–Trinajstić information content (AvgIpc) is 2.42. The number of amides is 1. The molecule has 0 heterocycles. The van der Waals surface area contributed by atoms with Gasteiger partial charge in [-0.15, -0.1) is 0 Å². The van der Waals surface area contributed by atoms with E-state index in [-0.39, 0.29) is 18.0 Å². The van der Waals surface area contributed by atoms with Gasteiger partial charge in [-0.3, -0.25) is 9.59 Å². The summed E-state index contributed by atoms with van der Waals surface area (Å²) in [5.41, 5.74) is 0. The van der Waals surface area contributed by atoms with Crippen LogP contribution in [0.2, 0.25) is 0 Å². The maximum Gasteiger partial charge on any atom is 0.302 e. The maximum absolute atomic E-state index is 11.0. The molecular weight excluding hydrogens is 266 g/mol. The molecule has 0 rings (SSSR count). The Morgan fingerprint density at radius 3 is 2.33 bits per heavy atom. The van der Waals surface area contributed by atoms with Crippen molar-refractivity contribution in [1.29, 1.82) is 0 Å². The molecule has 1 amide bonds. The molecule has 0 saturated carbocycles. The zero-order valence-electron chi connectivity index (χ0n) is 13.8. The van der Waals surface area contributed by atoms with Crippen molar-refractivity contribution in [3.63, 3.8) is 0 Å². The van der Waals surface area contributed by atoms with Crippen molar-refractivity contribution in [2.24, 2.45) is 0 Å². The summed E-state index contributed by atoms with van der Waals surface area (Å²) >= 11 is 0. The van der Waals surface area contributed by atoms with Crippen molar-refractivity contribution in [2.45, 2.75) is 78.2 Å². The van der Waals surface area contributed by atoms with Crippen molar-refractivity contribution >= 4 is 11.9 Å². The topological polar surface area (TPSA) is 55.4 Å². The number of unbranched alkanes of at least 4 members (excludes halogenated alkanes) is 6. The lowest BCUT2D eigenvalue weighted by Gasteiger charge is -2.15. The second kappa shape index (κ2) is 13.7. The highest BCUT2D eigenvalue weighted by Gasteiger charge is 2.10. The molecule has 0 aromatic carbocycles. The van der Waals surface area contributed by atoms with Gasteiger partial charge in [-0.2, -0.15) is 0 Å². The molecule has 4 nitrogen and oxygen atoms in total. The summed E-state index contributed by atoms with van der Waals surface area (Å²) in [4.78, 5) is 21.9. The van der Waals surface area contributed by atoms with E-state index in [4.69, 9.17) is 4.74 Å². The average molecular weight is 297 g/mol. The number of rotatable bonds is 12. The Hall–Kier alpha value is -1.32. The first-order chi connectivity index (χ1) is 10.1. The Balaban J connectivity index is 3.75. The lowest BCUT2D eigenvalue weighted by atomic mass is 10.1. The summed E-state index contributed by atoms with van der Waals surface area (Å²) < 4.78 is 5.17. The molecule has 1 unspecified atom stereocenters. The van der Waals surface area contributed by atoms with Crippen molar-refractivity contribution in [2.75, 3.05) is 6.54 Å². The van der Waals surface area contributed by atoms with E-state index >= 15 is 0 Å². The molecule has 1 atom stereocenters. The smallest absolute Gasteiger partial charge is 0.302 e. The number of allylic oxidation sites excluding steroid dienone is 1. The Kier molecular flexibility index (Phi) is 12.8. The van der Waals surface area contributed by atoms with Gasteiger partial charge >= 0.3 is 5.97 Å². The SMILES string of the molecule is CCCCCCCCC=CCC(CNC(C)=O)OC(C)=O. The van der Waals surface area contributed by atoms with Crippen LogP contribution in [-0.2, 0) is 14.3 Å². The van der Waals surface area contributed by atoms with Crippen LogP contribution in [-0.4, -0.2) is 24.5 Å². The first-order valence-electron chi connectivity index (χ1n) is 8.13. The van der Waals surface area contributed by atoms with E-state index in [0.717, 1.165) is 6.42 Å². The largest absolute Gasteiger partial charge is 0.460 e. The van der Waals surface area contributed by atoms with Gasteiger partial charge in [0.2, 0.25) is 5.91 Å². The number of carbonyl (C=O) groups excluding carboxylic acids is 2. The monoisotopic (exact) mass is 297 g/mol. The summed E-state index contributed by atoms with van der Waals surface area (Å²) in [7, 11) is 0. The van der Waals surface area contributed by atoms with E-state index < -0.39 is 0 Å². The van der Waals surface area contributed by atoms with Crippen molar-refractivity contribution in [3.05, 3.63) is 12.2 Å². The zero-order valence-corrected chi connectivity index (χ0v) is 13.8. The molecule has 0 saturated heterocycles. The zero-order chi connectivity index (χ0) is 15.9. The summed E-state index contributed by atoms with van der Waals surface area (Å²) in [5.74, 6) is -0.419. The van der Waals surface area contributed by atoms with E-state index in [1.165, 1.54) is 52.4 Å². The molecule has 0 aromatic heterocycles. The van der Waals surface area contributed by atoms with E-state index in [0.29, 0.717) is 13.0 Å². The van der Waals surface area contributed by atoms with Gasteiger partial charge in [0.25, 0.3) is 0 Å². The normalized spacial score (nSPS) is 12.3. The number of carbonyl (C=O) groups is 2. The molecule has 0 bridgehead atoms. The van der Waals surface area contributed by atoms with Gasteiger partial charge in [-0.1, -0.05) is 51.2 Å². The Labute approximate surface area is 129 Å². The Bertz CT molecular complexity index is 313. The quantitative estimate of drug-likeness (QED) is 0.339. The van der Waals surface area contributed by atoms with Crippen LogP contribution in [0, 0.1) is 0 Å². The Morgan fingerprint density at radius 1 is 1.05 bits per heavy atom. The summed E-state index contributed by atoms with van der Waals surface area (Å²) in [6, 6.07) is 0. The maximum atomic E-state index is 11.0. The molecule has 1 N–H and O–H groups in total. The fraction of sp³-hybridized carbons (Fsp3) is 0.765. The fourth-order valence-electron chi connectivity index (χ4n) is 2.07. The highest BCUT2D eigenvalue weighted by atomic mass is 16.5. The third-order valence-corrected chi connectivity index (χ3v) is 3.20. The van der Waals surface area contributed by atoms with Gasteiger partial charge in [0.1, 0.15) is 6.10 Å². The lowest BCUT2D eigenvalue weighted by molar-refractivity contribution is -0.146. The molecule has 122 valence electrons. The Morgan fingerprint density at radius 2 is 1.71 bits per heavy atom. The predicted molar refractivity (Wildman–Crippen MR) is 86.0 cm³/mol. The van der Waals surface area contributed by atoms with Crippen molar-refractivity contribution < 1.29 is 14.3 Å². The van der Waals surface area contributed by atoms with Gasteiger partial charge in [0.05, 0.1) is 6.54 Å². The first kappa shape index (κ1) is 19.7. The van der Waals surface area contributed by atoms with E-state index in [2.05, 4.69) is 18.3 Å². The first-order valence-corrected chi connectivity index (χ1v) is 8.13. The van der Waals surface area contributed by atoms with Crippen LogP contribution in [0.4, 0.5) is 0 Å². The van der Waals surface area contributed by atoms with Crippen molar-refractivity contribution in [3.8, 4) is 0 Å². The standard InChI is InChI=1S/C17H31NO3/c1-4-5-6-7-8-9-10-11-12-13-17(21-16(3)20)14-18-15(2)19/h11-12,17H,4-10,13-14H2,1-3H3,(H,18,19). The molecule has 0 spiro atoms. The number of nitrogens with one attached hydrogen (secondary N) is 1. The third kappa shape index (κ3) is 14.9. The van der Waals surface area contributed by atoms with Gasteiger partial charge in [-0.05, 0) is 12.8 Å². The highest BCUT2D eigenvalue weighted by molar-refractivity contribution is 5.72. The van der Waals surface area contributed by atoms with Gasteiger partial charge in [-0.25, -0.2) is 0 Å². The van der Waals surface area contributed by atoms with E-state index in [9.17, 15) is 9.59 Å². The van der Waals surface area contributed by atoms with Crippen LogP contribution in [0.25, 0.3) is 0 Å². The second-order valence-corrected chi connectivity index (χ2v) is 5.43. The molecular formula is C17H31NO3. The van der Waals surface area contributed by atoms with Crippen LogP contribution in [0.1, 0.15) is 72.1 Å². The summed E-state index contributed by atoms with van der Waals surface area (Å²) in [6.45, 7) is 5.44. The minimum Gasteiger partial charge on any atom is -0.460 e. The third-order valence-electron chi connectivity index (χ3n) is 3.20. The lowest BCUT2D eigenvalue weighted by Crippen LogP contribution is -2.32. The second-order valence-electron chi connectivity index (χ2n) is 5.43. The van der Waals surface area contributed by atoms with Gasteiger partial charge in [0.15, 0.2) is 0 Å². The molecule has 0 aliphatic rings. The fourth-order valence-corrected chi connectivity index (χ4v) is 2.07. The van der Waals surface area contributed by atoms with E-state index in [1.807, 2.05) is 6.08 Å².